The molecule has 0 aliphatic rings. The number of rotatable bonds is 11. The second kappa shape index (κ2) is 26.2. The highest BCUT2D eigenvalue weighted by Gasteiger charge is 2.21. The molecule has 0 saturated carbocycles. The van der Waals surface area contributed by atoms with Crippen LogP contribution in [0.5, 0.6) is 0 Å². The van der Waals surface area contributed by atoms with E-state index in [1.165, 1.54) is 108 Å². The van der Waals surface area contributed by atoms with E-state index in [4.69, 9.17) is 19.9 Å². The summed E-state index contributed by atoms with van der Waals surface area (Å²) in [7, 11) is 0. The van der Waals surface area contributed by atoms with Crippen molar-refractivity contribution < 1.29 is 0 Å². The molecule has 0 saturated heterocycles. The first-order valence-corrected chi connectivity index (χ1v) is 36.6. The summed E-state index contributed by atoms with van der Waals surface area (Å²) >= 11 is 1.87. The summed E-state index contributed by atoms with van der Waals surface area (Å²) in [6.45, 7) is 0. The van der Waals surface area contributed by atoms with Gasteiger partial charge in [0, 0.05) is 81.7 Å². The number of thiophene rings is 1. The number of nitrogens with zero attached hydrogens (tertiary/aromatic N) is 7. The van der Waals surface area contributed by atoms with E-state index in [1.807, 2.05) is 41.9 Å². The molecule has 0 bridgehead atoms. The third-order valence-electron chi connectivity index (χ3n) is 20.7. The van der Waals surface area contributed by atoms with Crippen LogP contribution in [0, 0.1) is 0 Å². The lowest BCUT2D eigenvalue weighted by atomic mass is 9.98. The lowest BCUT2D eigenvalue weighted by Crippen LogP contribution is -2.01. The third-order valence-corrected chi connectivity index (χ3v) is 22.0. The third kappa shape index (κ3) is 11.0. The molecule has 6 heterocycles. The van der Waals surface area contributed by atoms with Gasteiger partial charge in [-0.05, 0) is 158 Å². The van der Waals surface area contributed by atoms with Crippen LogP contribution < -0.4 is 0 Å². The van der Waals surface area contributed by atoms with Gasteiger partial charge in [-0.15, -0.1) is 11.3 Å². The highest BCUT2D eigenvalue weighted by molar-refractivity contribution is 7.26. The molecular formula is C98H63N7S. The van der Waals surface area contributed by atoms with Crippen molar-refractivity contribution in [3.8, 4) is 107 Å². The fraction of sp³-hybridized carbons (Fsp3) is 0. The van der Waals surface area contributed by atoms with Crippen LogP contribution in [0.15, 0.2) is 382 Å². The molecule has 8 heteroatoms. The monoisotopic (exact) mass is 1370 g/mol. The number of hydrogen-bond donors (Lipinski definition) is 0. The molecule has 0 amide bonds. The Balaban J connectivity index is 0.000000141. The van der Waals surface area contributed by atoms with Crippen molar-refractivity contribution in [3.05, 3.63) is 382 Å². The van der Waals surface area contributed by atoms with Gasteiger partial charge in [-0.2, -0.15) is 0 Å². The summed E-state index contributed by atoms with van der Waals surface area (Å²) in [5, 5.41) is 9.80. The summed E-state index contributed by atoms with van der Waals surface area (Å²) < 4.78 is 9.41. The van der Waals surface area contributed by atoms with Gasteiger partial charge in [0.05, 0.1) is 44.5 Å². The minimum atomic E-state index is 0.643. The summed E-state index contributed by atoms with van der Waals surface area (Å²) in [4.78, 5) is 20.1. The van der Waals surface area contributed by atoms with Crippen LogP contribution in [0.3, 0.4) is 0 Å². The standard InChI is InChI=1S/C52H34N4.C46H29N3S/c1-3-12-35(13-4-1)36-22-24-37(25-23-36)38-14-11-15-41(32-38)47-30-31-53-52(54-47)56-49-21-10-7-18-43(49)45-28-26-40(34-51(45)56)39-27-29-50-46(33-39)44-19-8-9-20-48(44)55(50)42-16-5-2-6-17-42;1-2-10-30(11-3-1)31-20-22-32(23-21-31)33-12-8-13-35(28-33)41-26-27-47-46(48-41)49-42-18-6-4-14-37(42)40-29-34(24-25-43(40)49)36-16-9-17-39-38-15-5-7-19-44(38)50-45(36)39/h1-34H;1-29H. The molecule has 0 spiro atoms. The van der Waals surface area contributed by atoms with E-state index < -0.39 is 0 Å². The highest BCUT2D eigenvalue weighted by Crippen LogP contribution is 2.44. The largest absolute Gasteiger partial charge is 0.309 e. The van der Waals surface area contributed by atoms with E-state index in [-0.39, 0.29) is 0 Å². The highest BCUT2D eigenvalue weighted by atomic mass is 32.1. The number of aromatic nitrogens is 7. The maximum absolute atomic E-state index is 5.23. The van der Waals surface area contributed by atoms with Crippen LogP contribution in [-0.2, 0) is 0 Å². The molecule has 0 aliphatic carbocycles. The maximum atomic E-state index is 5.23. The number of fused-ring (bicyclic) bond motifs is 12. The van der Waals surface area contributed by atoms with Gasteiger partial charge in [0.2, 0.25) is 11.9 Å². The average Bonchev–Trinajstić information content (AvgIpc) is 1.61. The van der Waals surface area contributed by atoms with Crippen molar-refractivity contribution in [2.24, 2.45) is 0 Å². The molecule has 0 aliphatic heterocycles. The first-order valence-electron chi connectivity index (χ1n) is 35.8. The summed E-state index contributed by atoms with van der Waals surface area (Å²) in [6, 6.07) is 132. The Morgan fingerprint density at radius 3 is 1.14 bits per heavy atom. The van der Waals surface area contributed by atoms with Gasteiger partial charge in [0.25, 0.3) is 0 Å². The van der Waals surface area contributed by atoms with E-state index in [0.717, 1.165) is 72.5 Å². The van der Waals surface area contributed by atoms with Crippen LogP contribution in [-0.4, -0.2) is 33.6 Å². The van der Waals surface area contributed by atoms with Gasteiger partial charge in [-0.25, -0.2) is 19.9 Å². The number of para-hydroxylation sites is 4. The molecule has 21 aromatic rings. The Morgan fingerprint density at radius 2 is 0.566 bits per heavy atom. The lowest BCUT2D eigenvalue weighted by Gasteiger charge is -2.11. The molecule has 0 radical (unpaired) electrons. The first-order chi connectivity index (χ1) is 52.5. The number of benzene rings is 15. The molecule has 15 aromatic carbocycles. The van der Waals surface area contributed by atoms with Crippen molar-refractivity contribution >= 4 is 96.9 Å². The predicted octanol–water partition coefficient (Wildman–Crippen LogP) is 25.9. The molecule has 0 N–H and O–H groups in total. The van der Waals surface area contributed by atoms with Gasteiger partial charge >= 0.3 is 0 Å². The zero-order chi connectivity index (χ0) is 70.0. The SMILES string of the molecule is c1ccc(-c2ccc(-c3cccc(-c4ccnc(-n5c6ccccc6c6cc(-c7cccc8c7sc7ccccc78)ccc65)n4)c3)cc2)cc1.c1ccc(-c2ccc(-c3cccc(-c4ccnc(-n5c6ccccc6c6ccc(-c7ccc8c(c7)c7ccccc7n8-c7ccccc7)cc65)n4)c3)cc2)cc1. The van der Waals surface area contributed by atoms with Crippen LogP contribution in [0.1, 0.15) is 0 Å². The topological polar surface area (TPSA) is 66.3 Å². The van der Waals surface area contributed by atoms with Crippen LogP contribution in [0.4, 0.5) is 0 Å². The molecule has 7 nitrogen and oxygen atoms in total. The summed E-state index contributed by atoms with van der Waals surface area (Å²) in [5.74, 6) is 1.30. The zero-order valence-corrected chi connectivity index (χ0v) is 58.2. The molecule has 21 rings (SSSR count). The molecular weight excluding hydrogens is 1310 g/mol. The fourth-order valence-electron chi connectivity index (χ4n) is 15.6. The van der Waals surface area contributed by atoms with E-state index in [2.05, 4.69) is 366 Å². The van der Waals surface area contributed by atoms with Gasteiger partial charge in [0.15, 0.2) is 0 Å². The summed E-state index contributed by atoms with van der Waals surface area (Å²) in [6.07, 6.45) is 3.75. The van der Waals surface area contributed by atoms with Crippen molar-refractivity contribution in [1.29, 1.82) is 0 Å². The van der Waals surface area contributed by atoms with Gasteiger partial charge < -0.3 is 4.57 Å². The van der Waals surface area contributed by atoms with Crippen LogP contribution in [0.2, 0.25) is 0 Å². The van der Waals surface area contributed by atoms with E-state index in [9.17, 15) is 0 Å². The van der Waals surface area contributed by atoms with Crippen molar-refractivity contribution in [3.63, 3.8) is 0 Å². The Labute approximate surface area is 615 Å². The second-order valence-electron chi connectivity index (χ2n) is 26.9. The molecule has 106 heavy (non-hydrogen) atoms. The fourth-order valence-corrected chi connectivity index (χ4v) is 16.9. The first kappa shape index (κ1) is 61.9. The maximum Gasteiger partial charge on any atom is 0.235 e. The molecule has 0 unspecified atom stereocenters. The Morgan fingerprint density at radius 1 is 0.208 bits per heavy atom. The molecule has 0 atom stereocenters. The normalized spacial score (nSPS) is 11.6. The van der Waals surface area contributed by atoms with Crippen molar-refractivity contribution in [2.75, 3.05) is 0 Å². The van der Waals surface area contributed by atoms with Crippen molar-refractivity contribution in [2.45, 2.75) is 0 Å². The van der Waals surface area contributed by atoms with E-state index in [0.29, 0.717) is 11.9 Å². The van der Waals surface area contributed by atoms with Crippen molar-refractivity contribution in [1.82, 2.24) is 33.6 Å². The lowest BCUT2D eigenvalue weighted by molar-refractivity contribution is 0.992. The van der Waals surface area contributed by atoms with E-state index in [1.54, 1.807) is 0 Å². The summed E-state index contributed by atoms with van der Waals surface area (Å²) in [5.41, 5.74) is 26.0. The molecule has 0 fully saturated rings. The zero-order valence-electron chi connectivity index (χ0n) is 57.4. The smallest absolute Gasteiger partial charge is 0.235 e. The predicted molar refractivity (Wildman–Crippen MR) is 443 cm³/mol. The molecule has 6 aromatic heterocycles. The Kier molecular flexibility index (Phi) is 15.3. The second-order valence-corrected chi connectivity index (χ2v) is 28.0. The van der Waals surface area contributed by atoms with Gasteiger partial charge in [-0.1, -0.05) is 279 Å². The van der Waals surface area contributed by atoms with Crippen LogP contribution in [0.25, 0.3) is 192 Å². The van der Waals surface area contributed by atoms with E-state index >= 15 is 0 Å². The number of hydrogen-bond acceptors (Lipinski definition) is 5. The van der Waals surface area contributed by atoms with Gasteiger partial charge in [-0.3, -0.25) is 9.13 Å². The minimum Gasteiger partial charge on any atom is -0.309 e. The minimum absolute atomic E-state index is 0.643. The van der Waals surface area contributed by atoms with Gasteiger partial charge in [0.1, 0.15) is 0 Å². The Bertz CT molecular complexity index is 6930. The molecule has 496 valence electrons. The average molecular weight is 1370 g/mol. The quantitative estimate of drug-likeness (QED) is 0.129. The Hall–Kier alpha value is -13.9. The van der Waals surface area contributed by atoms with Crippen LogP contribution >= 0.6 is 11.3 Å².